The highest BCUT2D eigenvalue weighted by Crippen LogP contribution is 2.16. The second-order valence-corrected chi connectivity index (χ2v) is 7.81. The van der Waals surface area contributed by atoms with Crippen LogP contribution >= 0.6 is 0 Å². The zero-order valence-corrected chi connectivity index (χ0v) is 16.2. The van der Waals surface area contributed by atoms with Crippen molar-refractivity contribution in [1.29, 1.82) is 0 Å². The van der Waals surface area contributed by atoms with Gasteiger partial charge in [0, 0.05) is 38.2 Å². The summed E-state index contributed by atoms with van der Waals surface area (Å²) in [4.78, 5) is 8.70. The first-order chi connectivity index (χ1) is 12.3. The number of hydrogen-bond donors (Lipinski definition) is 2. The average Bonchev–Trinajstić information content (AvgIpc) is 2.61. The van der Waals surface area contributed by atoms with Gasteiger partial charge in [0.25, 0.3) is 0 Å². The molecule has 0 amide bonds. The van der Waals surface area contributed by atoms with Crippen molar-refractivity contribution < 1.29 is 13.2 Å². The van der Waals surface area contributed by atoms with Crippen molar-refractivity contribution in [3.8, 4) is 5.88 Å². The van der Waals surface area contributed by atoms with E-state index in [9.17, 15) is 8.42 Å². The Kier molecular flexibility index (Phi) is 6.57. The molecular formula is C18H24N4O3S. The third kappa shape index (κ3) is 5.19. The molecule has 0 saturated heterocycles. The van der Waals surface area contributed by atoms with Gasteiger partial charge in [-0.25, -0.2) is 13.4 Å². The lowest BCUT2D eigenvalue weighted by Crippen LogP contribution is -2.36. The fraction of sp³-hybridized carbons (Fsp3) is 0.333. The van der Waals surface area contributed by atoms with Crippen molar-refractivity contribution in [2.75, 3.05) is 20.4 Å². The molecule has 1 heterocycles. The van der Waals surface area contributed by atoms with Crippen LogP contribution in [0.15, 0.2) is 46.4 Å². The van der Waals surface area contributed by atoms with Gasteiger partial charge in [-0.05, 0) is 30.2 Å². The number of rotatable bonds is 6. The predicted molar refractivity (Wildman–Crippen MR) is 102 cm³/mol. The first-order valence-corrected chi connectivity index (χ1v) is 9.96. The number of guanidine groups is 1. The Morgan fingerprint density at radius 1 is 1.23 bits per heavy atom. The van der Waals surface area contributed by atoms with E-state index in [4.69, 9.17) is 4.74 Å². The zero-order chi connectivity index (χ0) is 19.2. The molecule has 0 aliphatic heterocycles. The van der Waals surface area contributed by atoms with Crippen LogP contribution in [-0.4, -0.2) is 39.8 Å². The SMILES string of the molecule is CN=C(NCc1ccc(S(C)(=O)=O)c(C)c1)NCc1cccnc1OC. The largest absolute Gasteiger partial charge is 0.481 e. The number of methoxy groups -OCH3 is 1. The smallest absolute Gasteiger partial charge is 0.218 e. The van der Waals surface area contributed by atoms with E-state index < -0.39 is 9.84 Å². The number of pyridine rings is 1. The van der Waals surface area contributed by atoms with Crippen LogP contribution in [0.3, 0.4) is 0 Å². The van der Waals surface area contributed by atoms with E-state index >= 15 is 0 Å². The minimum Gasteiger partial charge on any atom is -0.481 e. The van der Waals surface area contributed by atoms with Gasteiger partial charge in [0.2, 0.25) is 5.88 Å². The zero-order valence-electron chi connectivity index (χ0n) is 15.4. The van der Waals surface area contributed by atoms with Crippen LogP contribution in [0, 0.1) is 6.92 Å². The van der Waals surface area contributed by atoms with E-state index in [0.717, 1.165) is 16.7 Å². The van der Waals surface area contributed by atoms with Crippen LogP contribution in [0.4, 0.5) is 0 Å². The number of nitrogens with one attached hydrogen (secondary N) is 2. The Morgan fingerprint density at radius 2 is 1.96 bits per heavy atom. The van der Waals surface area contributed by atoms with Gasteiger partial charge in [-0.15, -0.1) is 0 Å². The Morgan fingerprint density at radius 3 is 2.58 bits per heavy atom. The standard InChI is InChI=1S/C18H24N4O3S/c1-13-10-14(7-8-16(13)26(4,23)24)11-21-18(19-2)22-12-15-6-5-9-20-17(15)25-3/h5-10H,11-12H2,1-4H3,(H2,19,21,22). The molecule has 0 spiro atoms. The van der Waals surface area contributed by atoms with Gasteiger partial charge in [-0.1, -0.05) is 18.2 Å². The summed E-state index contributed by atoms with van der Waals surface area (Å²) in [6, 6.07) is 9.08. The van der Waals surface area contributed by atoms with Crippen LogP contribution in [0.2, 0.25) is 0 Å². The van der Waals surface area contributed by atoms with Crippen LogP contribution in [0.25, 0.3) is 0 Å². The van der Waals surface area contributed by atoms with E-state index in [1.807, 2.05) is 18.2 Å². The van der Waals surface area contributed by atoms with Crippen LogP contribution < -0.4 is 15.4 Å². The van der Waals surface area contributed by atoms with Crippen LogP contribution in [-0.2, 0) is 22.9 Å². The molecule has 26 heavy (non-hydrogen) atoms. The Bertz CT molecular complexity index is 895. The first-order valence-electron chi connectivity index (χ1n) is 8.07. The van der Waals surface area contributed by atoms with Gasteiger partial charge in [0.1, 0.15) is 0 Å². The van der Waals surface area contributed by atoms with Crippen molar-refractivity contribution in [3.63, 3.8) is 0 Å². The van der Waals surface area contributed by atoms with E-state index in [2.05, 4.69) is 20.6 Å². The Balaban J connectivity index is 1.98. The maximum atomic E-state index is 11.7. The monoisotopic (exact) mass is 376 g/mol. The molecule has 0 bridgehead atoms. The number of aromatic nitrogens is 1. The molecule has 0 saturated carbocycles. The summed E-state index contributed by atoms with van der Waals surface area (Å²) in [6.45, 7) is 2.83. The molecule has 1 aromatic heterocycles. The maximum Gasteiger partial charge on any atom is 0.218 e. The van der Waals surface area contributed by atoms with Gasteiger partial charge < -0.3 is 15.4 Å². The number of hydrogen-bond acceptors (Lipinski definition) is 5. The summed E-state index contributed by atoms with van der Waals surface area (Å²) in [5.41, 5.74) is 2.62. The molecular weight excluding hydrogens is 352 g/mol. The minimum absolute atomic E-state index is 0.354. The van der Waals surface area contributed by atoms with Crippen LogP contribution in [0.5, 0.6) is 5.88 Å². The summed E-state index contributed by atoms with van der Waals surface area (Å²) < 4.78 is 28.6. The third-order valence-electron chi connectivity index (χ3n) is 3.81. The number of sulfone groups is 1. The molecule has 2 N–H and O–H groups in total. The second-order valence-electron chi connectivity index (χ2n) is 5.82. The molecule has 0 atom stereocenters. The molecule has 0 unspecified atom stereocenters. The molecule has 0 fully saturated rings. The number of nitrogens with zero attached hydrogens (tertiary/aromatic N) is 2. The van der Waals surface area contributed by atoms with E-state index in [1.54, 1.807) is 39.4 Å². The molecule has 2 aromatic rings. The Labute approximate surface area is 154 Å². The molecule has 8 heteroatoms. The number of ether oxygens (including phenoxy) is 1. The van der Waals surface area contributed by atoms with Crippen molar-refractivity contribution >= 4 is 15.8 Å². The predicted octanol–water partition coefficient (Wildman–Crippen LogP) is 1.67. The van der Waals surface area contributed by atoms with Gasteiger partial charge in [0.05, 0.1) is 12.0 Å². The normalized spacial score (nSPS) is 11.9. The number of aliphatic imine (C=N–C) groups is 1. The topological polar surface area (TPSA) is 92.7 Å². The third-order valence-corrected chi connectivity index (χ3v) is 5.07. The van der Waals surface area contributed by atoms with Gasteiger partial charge in [0.15, 0.2) is 15.8 Å². The molecule has 1 aromatic carbocycles. The average molecular weight is 376 g/mol. The molecule has 2 rings (SSSR count). The lowest BCUT2D eigenvalue weighted by molar-refractivity contribution is 0.392. The van der Waals surface area contributed by atoms with Gasteiger partial charge >= 0.3 is 0 Å². The van der Waals surface area contributed by atoms with Crippen molar-refractivity contribution in [3.05, 3.63) is 53.2 Å². The molecule has 0 aliphatic carbocycles. The fourth-order valence-corrected chi connectivity index (χ4v) is 3.52. The quantitative estimate of drug-likeness (QED) is 0.588. The molecule has 7 nitrogen and oxygen atoms in total. The molecule has 0 aliphatic rings. The summed E-state index contributed by atoms with van der Waals surface area (Å²) in [5.74, 6) is 1.20. The summed E-state index contributed by atoms with van der Waals surface area (Å²) in [7, 11) is 0.0667. The highest BCUT2D eigenvalue weighted by Gasteiger charge is 2.11. The first kappa shape index (κ1) is 19.7. The molecule has 140 valence electrons. The van der Waals surface area contributed by atoms with Crippen LogP contribution in [0.1, 0.15) is 16.7 Å². The summed E-state index contributed by atoms with van der Waals surface area (Å²) in [5, 5.41) is 6.41. The van der Waals surface area contributed by atoms with Gasteiger partial charge in [-0.3, -0.25) is 4.99 Å². The number of benzene rings is 1. The van der Waals surface area contributed by atoms with Crippen molar-refractivity contribution in [2.45, 2.75) is 24.9 Å². The van der Waals surface area contributed by atoms with Crippen molar-refractivity contribution in [1.82, 2.24) is 15.6 Å². The second kappa shape index (κ2) is 8.66. The number of aryl methyl sites for hydroxylation is 1. The highest BCUT2D eigenvalue weighted by molar-refractivity contribution is 7.90. The lowest BCUT2D eigenvalue weighted by Gasteiger charge is -2.14. The summed E-state index contributed by atoms with van der Waals surface area (Å²) >= 11 is 0. The summed E-state index contributed by atoms with van der Waals surface area (Å²) in [6.07, 6.45) is 2.89. The lowest BCUT2D eigenvalue weighted by atomic mass is 10.1. The molecule has 0 radical (unpaired) electrons. The van der Waals surface area contributed by atoms with E-state index in [1.165, 1.54) is 6.26 Å². The van der Waals surface area contributed by atoms with Crippen molar-refractivity contribution in [2.24, 2.45) is 4.99 Å². The maximum absolute atomic E-state index is 11.7. The highest BCUT2D eigenvalue weighted by atomic mass is 32.2. The van der Waals surface area contributed by atoms with E-state index in [-0.39, 0.29) is 0 Å². The Hall–Kier alpha value is -2.61. The van der Waals surface area contributed by atoms with E-state index in [0.29, 0.717) is 29.8 Å². The fourth-order valence-electron chi connectivity index (χ4n) is 2.57. The minimum atomic E-state index is -3.21. The van der Waals surface area contributed by atoms with Gasteiger partial charge in [-0.2, -0.15) is 0 Å².